The summed E-state index contributed by atoms with van der Waals surface area (Å²) in [7, 11) is -1.10. The first-order valence-electron chi connectivity index (χ1n) is 14.3. The van der Waals surface area contributed by atoms with Gasteiger partial charge in [-0.1, -0.05) is 94.4 Å². The summed E-state index contributed by atoms with van der Waals surface area (Å²) in [6.45, 7) is 11.6. The molecule has 2 saturated heterocycles. The third-order valence-corrected chi connectivity index (χ3v) is 15.1. The minimum Gasteiger partial charge on any atom is -0.496 e. The van der Waals surface area contributed by atoms with Crippen molar-refractivity contribution in [2.24, 2.45) is 17.3 Å². The van der Waals surface area contributed by atoms with Gasteiger partial charge in [0.25, 0.3) is 8.32 Å². The number of carbonyl (C=O) groups excluding carboxylic acids is 1. The molecule has 39 heavy (non-hydrogen) atoms. The van der Waals surface area contributed by atoms with Gasteiger partial charge in [0.1, 0.15) is 11.9 Å². The Kier molecular flexibility index (Phi) is 6.31. The minimum absolute atomic E-state index is 0.0370. The number of esters is 1. The Hall–Kier alpha value is -2.89. The SMILES string of the molecule is COc1ccc2c(c1C)C[C@@H]1[C@@H]3CC(C)[C@@](CO[Si](c4ccccc4)(c4ccccc4)C(C)(C)C)(C(=O)O3)[C@H]21. The molecule has 2 heterocycles. The molecule has 204 valence electrons. The van der Waals surface area contributed by atoms with Crippen LogP contribution < -0.4 is 15.1 Å². The van der Waals surface area contributed by atoms with E-state index in [0.29, 0.717) is 6.61 Å². The fraction of sp³-hybridized carbons (Fsp3) is 0.441. The summed E-state index contributed by atoms with van der Waals surface area (Å²) in [5.74, 6) is 1.37. The summed E-state index contributed by atoms with van der Waals surface area (Å²) in [5, 5.41) is 2.30. The van der Waals surface area contributed by atoms with E-state index < -0.39 is 13.7 Å². The number of hydrogen-bond acceptors (Lipinski definition) is 4. The molecule has 3 fully saturated rings. The van der Waals surface area contributed by atoms with E-state index in [1.165, 1.54) is 27.1 Å². The fourth-order valence-corrected chi connectivity index (χ4v) is 12.8. The van der Waals surface area contributed by atoms with Gasteiger partial charge in [0.2, 0.25) is 0 Å². The number of methoxy groups -OCH3 is 1. The standard InChI is InChI=1S/C34H40O4Si/c1-22-19-30-28-20-27-23(2)29(36-6)18-17-26(27)31(28)34(22,32(35)38-30)21-37-39(33(3,4)5,24-13-9-7-10-14-24)25-15-11-8-12-16-25/h7-18,22,28,30-31H,19-21H2,1-6H3/t22?,28-,30+,31-,34-/m1/s1. The highest BCUT2D eigenvalue weighted by Crippen LogP contribution is 2.63. The molecular weight excluding hydrogens is 500 g/mol. The predicted molar refractivity (Wildman–Crippen MR) is 157 cm³/mol. The van der Waals surface area contributed by atoms with Crippen LogP contribution in [-0.4, -0.2) is 34.1 Å². The summed E-state index contributed by atoms with van der Waals surface area (Å²) < 4.78 is 19.4. The highest BCUT2D eigenvalue weighted by atomic mass is 28.4. The summed E-state index contributed by atoms with van der Waals surface area (Å²) in [4.78, 5) is 14.1. The van der Waals surface area contributed by atoms with Crippen LogP contribution in [0.15, 0.2) is 72.8 Å². The summed E-state index contributed by atoms with van der Waals surface area (Å²) in [6.07, 6.45) is 1.78. The largest absolute Gasteiger partial charge is 0.496 e. The molecule has 0 amide bonds. The Bertz CT molecular complexity index is 1340. The van der Waals surface area contributed by atoms with Crippen LogP contribution in [0.5, 0.6) is 5.75 Å². The number of carbonyl (C=O) groups is 1. The predicted octanol–water partition coefficient (Wildman–Crippen LogP) is 5.79. The van der Waals surface area contributed by atoms with Gasteiger partial charge < -0.3 is 13.9 Å². The number of fused-ring (bicyclic) bond motifs is 3. The molecule has 4 aliphatic rings. The second-order valence-electron chi connectivity index (χ2n) is 12.9. The molecule has 0 N–H and O–H groups in total. The van der Waals surface area contributed by atoms with Crippen LogP contribution in [0.1, 0.15) is 56.7 Å². The molecule has 2 aliphatic heterocycles. The second kappa shape index (κ2) is 9.35. The summed E-state index contributed by atoms with van der Waals surface area (Å²) in [5.41, 5.74) is 3.08. The van der Waals surface area contributed by atoms with E-state index in [2.05, 4.69) is 107 Å². The normalized spacial score (nSPS) is 27.6. The van der Waals surface area contributed by atoms with Crippen LogP contribution in [0.3, 0.4) is 0 Å². The lowest BCUT2D eigenvalue weighted by Gasteiger charge is -2.57. The van der Waals surface area contributed by atoms with E-state index in [9.17, 15) is 4.79 Å². The molecule has 2 aliphatic carbocycles. The first kappa shape index (κ1) is 26.3. The Morgan fingerprint density at radius 2 is 1.59 bits per heavy atom. The average molecular weight is 541 g/mol. The molecular formula is C34H40O4Si. The molecule has 3 aromatic rings. The molecule has 5 atom stereocenters. The fourth-order valence-electron chi connectivity index (χ4n) is 8.16. The van der Waals surface area contributed by atoms with Crippen LogP contribution in [0, 0.1) is 24.2 Å². The van der Waals surface area contributed by atoms with Crippen LogP contribution in [-0.2, 0) is 20.4 Å². The van der Waals surface area contributed by atoms with Crippen molar-refractivity contribution in [3.8, 4) is 5.75 Å². The monoisotopic (exact) mass is 540 g/mol. The molecule has 3 aromatic carbocycles. The van der Waals surface area contributed by atoms with Gasteiger partial charge in [0.15, 0.2) is 0 Å². The zero-order valence-electron chi connectivity index (χ0n) is 24.0. The van der Waals surface area contributed by atoms with E-state index in [1.54, 1.807) is 7.11 Å². The van der Waals surface area contributed by atoms with E-state index in [0.717, 1.165) is 18.6 Å². The quantitative estimate of drug-likeness (QED) is 0.293. The molecule has 1 saturated carbocycles. The molecule has 5 heteroatoms. The molecule has 0 radical (unpaired) electrons. The van der Waals surface area contributed by atoms with Gasteiger partial charge in [-0.05, 0) is 63.9 Å². The lowest BCUT2D eigenvalue weighted by Crippen LogP contribution is -2.69. The Labute approximate surface area is 233 Å². The van der Waals surface area contributed by atoms with Crippen molar-refractivity contribution in [1.29, 1.82) is 0 Å². The molecule has 0 spiro atoms. The van der Waals surface area contributed by atoms with Crippen molar-refractivity contribution in [2.75, 3.05) is 13.7 Å². The topological polar surface area (TPSA) is 44.8 Å². The first-order valence-corrected chi connectivity index (χ1v) is 16.2. The maximum atomic E-state index is 14.1. The van der Waals surface area contributed by atoms with Crippen LogP contribution in [0.2, 0.25) is 5.04 Å². The Morgan fingerprint density at radius 1 is 0.974 bits per heavy atom. The number of rotatable bonds is 6. The number of hydrogen-bond donors (Lipinski definition) is 0. The summed E-state index contributed by atoms with van der Waals surface area (Å²) in [6, 6.07) is 25.7. The van der Waals surface area contributed by atoms with Crippen molar-refractivity contribution in [2.45, 2.75) is 64.5 Å². The third kappa shape index (κ3) is 3.69. The minimum atomic E-state index is -2.83. The van der Waals surface area contributed by atoms with E-state index in [1.807, 2.05) is 0 Å². The van der Waals surface area contributed by atoms with Gasteiger partial charge in [-0.2, -0.15) is 0 Å². The van der Waals surface area contributed by atoms with Crippen molar-refractivity contribution in [3.63, 3.8) is 0 Å². The number of benzene rings is 3. The van der Waals surface area contributed by atoms with E-state index in [-0.39, 0.29) is 34.9 Å². The highest BCUT2D eigenvalue weighted by Gasteiger charge is 2.67. The molecule has 1 unspecified atom stereocenters. The zero-order valence-corrected chi connectivity index (χ0v) is 25.0. The molecule has 2 bridgehead atoms. The van der Waals surface area contributed by atoms with Crippen LogP contribution >= 0.6 is 0 Å². The van der Waals surface area contributed by atoms with Gasteiger partial charge in [0.05, 0.1) is 19.1 Å². The van der Waals surface area contributed by atoms with Gasteiger partial charge in [0, 0.05) is 11.8 Å². The lowest BCUT2D eigenvalue weighted by atomic mass is 9.54. The van der Waals surface area contributed by atoms with Crippen molar-refractivity contribution >= 4 is 24.7 Å². The van der Waals surface area contributed by atoms with Crippen LogP contribution in [0.25, 0.3) is 0 Å². The number of ether oxygens (including phenoxy) is 2. The zero-order chi connectivity index (χ0) is 27.6. The van der Waals surface area contributed by atoms with E-state index >= 15 is 0 Å². The van der Waals surface area contributed by atoms with Crippen LogP contribution in [0.4, 0.5) is 0 Å². The molecule has 4 nitrogen and oxygen atoms in total. The smallest absolute Gasteiger partial charge is 0.315 e. The third-order valence-electron chi connectivity index (χ3n) is 10.1. The first-order chi connectivity index (χ1) is 18.6. The highest BCUT2D eigenvalue weighted by molar-refractivity contribution is 6.99. The Morgan fingerprint density at radius 3 is 2.13 bits per heavy atom. The van der Waals surface area contributed by atoms with Gasteiger partial charge in [-0.3, -0.25) is 4.79 Å². The maximum Gasteiger partial charge on any atom is 0.315 e. The Balaban J connectivity index is 1.50. The molecule has 0 aromatic heterocycles. The average Bonchev–Trinajstić information content (AvgIpc) is 3.33. The second-order valence-corrected chi connectivity index (χ2v) is 17.2. The summed E-state index contributed by atoms with van der Waals surface area (Å²) >= 11 is 0. The molecule has 7 rings (SSSR count). The van der Waals surface area contributed by atoms with Crippen molar-refractivity contribution in [3.05, 3.63) is 89.5 Å². The maximum absolute atomic E-state index is 14.1. The van der Waals surface area contributed by atoms with Crippen molar-refractivity contribution in [1.82, 2.24) is 0 Å². The van der Waals surface area contributed by atoms with Gasteiger partial charge in [-0.15, -0.1) is 0 Å². The van der Waals surface area contributed by atoms with E-state index in [4.69, 9.17) is 13.9 Å². The van der Waals surface area contributed by atoms with Gasteiger partial charge in [-0.25, -0.2) is 0 Å². The lowest BCUT2D eigenvalue weighted by molar-refractivity contribution is -0.210. The van der Waals surface area contributed by atoms with Gasteiger partial charge >= 0.3 is 5.97 Å². The van der Waals surface area contributed by atoms with Crippen molar-refractivity contribution < 1.29 is 18.7 Å².